The van der Waals surface area contributed by atoms with Crippen molar-refractivity contribution < 1.29 is 17.6 Å². The van der Waals surface area contributed by atoms with Crippen LogP contribution in [-0.4, -0.2) is 25.4 Å². The summed E-state index contributed by atoms with van der Waals surface area (Å²) in [6.45, 7) is 0. The minimum absolute atomic E-state index is 0.0469. The van der Waals surface area contributed by atoms with E-state index in [1.165, 1.54) is 35.6 Å². The summed E-state index contributed by atoms with van der Waals surface area (Å²) in [5.74, 6) is -0.739. The van der Waals surface area contributed by atoms with Crippen molar-refractivity contribution in [3.8, 4) is 0 Å². The predicted molar refractivity (Wildman–Crippen MR) is 118 cm³/mol. The SMILES string of the molecule is O=C(Nc1ncc(Cc2cccc(F)c2)s1)c1cccc(S(=O)(=O)NC2CCCC2)c1. The topological polar surface area (TPSA) is 88.2 Å². The van der Waals surface area contributed by atoms with Gasteiger partial charge in [-0.2, -0.15) is 0 Å². The molecular formula is C22H22FN3O3S2. The number of sulfonamides is 1. The number of carbonyl (C=O) groups excluding carboxylic acids is 1. The molecule has 1 amide bonds. The van der Waals surface area contributed by atoms with E-state index in [1.54, 1.807) is 24.4 Å². The molecule has 0 radical (unpaired) electrons. The Kier molecular flexibility index (Phi) is 6.45. The zero-order chi connectivity index (χ0) is 21.8. The lowest BCUT2D eigenvalue weighted by molar-refractivity contribution is 0.102. The first kappa shape index (κ1) is 21.6. The summed E-state index contributed by atoms with van der Waals surface area (Å²) in [5.41, 5.74) is 1.05. The second-order valence-corrected chi connectivity index (χ2v) is 10.4. The summed E-state index contributed by atoms with van der Waals surface area (Å²) in [7, 11) is -3.68. The van der Waals surface area contributed by atoms with Crippen LogP contribution < -0.4 is 10.0 Å². The highest BCUT2D eigenvalue weighted by Crippen LogP contribution is 2.23. The van der Waals surface area contributed by atoms with Crippen molar-refractivity contribution in [3.63, 3.8) is 0 Å². The zero-order valence-electron chi connectivity index (χ0n) is 16.7. The Hall–Kier alpha value is -2.62. The van der Waals surface area contributed by atoms with E-state index in [2.05, 4.69) is 15.0 Å². The number of nitrogens with zero attached hydrogens (tertiary/aromatic N) is 1. The lowest BCUT2D eigenvalue weighted by atomic mass is 10.1. The molecule has 162 valence electrons. The average molecular weight is 460 g/mol. The Bertz CT molecular complexity index is 1190. The molecular weight excluding hydrogens is 437 g/mol. The summed E-state index contributed by atoms with van der Waals surface area (Å²) in [6, 6.07) is 12.2. The van der Waals surface area contributed by atoms with E-state index in [-0.39, 0.29) is 22.3 Å². The van der Waals surface area contributed by atoms with Crippen LogP contribution in [0.1, 0.15) is 46.5 Å². The summed E-state index contributed by atoms with van der Waals surface area (Å²) in [5, 5.41) is 3.10. The van der Waals surface area contributed by atoms with E-state index >= 15 is 0 Å². The first-order chi connectivity index (χ1) is 14.9. The standard InChI is InChI=1S/C22H22FN3O3S2/c23-17-7-3-5-15(11-17)12-19-14-24-22(30-19)25-21(27)16-6-4-10-20(13-16)31(28,29)26-18-8-1-2-9-18/h3-7,10-11,13-14,18,26H,1-2,8-9,12H2,(H,24,25,27). The van der Waals surface area contributed by atoms with Crippen molar-refractivity contribution in [3.05, 3.63) is 76.5 Å². The number of amides is 1. The summed E-state index contributed by atoms with van der Waals surface area (Å²) in [6.07, 6.45) is 5.85. The van der Waals surface area contributed by atoms with Crippen LogP contribution in [-0.2, 0) is 16.4 Å². The van der Waals surface area contributed by atoms with Gasteiger partial charge >= 0.3 is 0 Å². The molecule has 0 atom stereocenters. The van der Waals surface area contributed by atoms with Gasteiger partial charge in [-0.3, -0.25) is 10.1 Å². The largest absolute Gasteiger partial charge is 0.298 e. The fourth-order valence-electron chi connectivity index (χ4n) is 3.60. The molecule has 2 N–H and O–H groups in total. The first-order valence-corrected chi connectivity index (χ1v) is 12.3. The molecule has 0 bridgehead atoms. The van der Waals surface area contributed by atoms with Crippen LogP contribution in [0, 0.1) is 5.82 Å². The van der Waals surface area contributed by atoms with Gasteiger partial charge in [-0.15, -0.1) is 11.3 Å². The number of anilines is 1. The highest BCUT2D eigenvalue weighted by molar-refractivity contribution is 7.89. The van der Waals surface area contributed by atoms with Gasteiger partial charge in [0.05, 0.1) is 4.90 Å². The fourth-order valence-corrected chi connectivity index (χ4v) is 5.79. The van der Waals surface area contributed by atoms with Crippen molar-refractivity contribution in [2.75, 3.05) is 5.32 Å². The Morgan fingerprint density at radius 2 is 1.90 bits per heavy atom. The van der Waals surface area contributed by atoms with Crippen molar-refractivity contribution in [2.24, 2.45) is 0 Å². The lowest BCUT2D eigenvalue weighted by Gasteiger charge is -2.13. The second kappa shape index (κ2) is 9.25. The molecule has 1 saturated carbocycles. The predicted octanol–water partition coefficient (Wildman–Crippen LogP) is 4.35. The summed E-state index contributed by atoms with van der Waals surface area (Å²) in [4.78, 5) is 17.8. The Morgan fingerprint density at radius 3 is 2.68 bits per heavy atom. The Balaban J connectivity index is 1.43. The Morgan fingerprint density at radius 1 is 1.13 bits per heavy atom. The van der Waals surface area contributed by atoms with Gasteiger partial charge < -0.3 is 0 Å². The van der Waals surface area contributed by atoms with Crippen molar-refractivity contribution in [1.82, 2.24) is 9.71 Å². The molecule has 1 aromatic heterocycles. The molecule has 6 nitrogen and oxygen atoms in total. The van der Waals surface area contributed by atoms with E-state index in [4.69, 9.17) is 0 Å². The molecule has 0 aliphatic heterocycles. The third-order valence-corrected chi connectivity index (χ3v) is 7.56. The molecule has 4 rings (SSSR count). The number of thiazole rings is 1. The second-order valence-electron chi connectivity index (χ2n) is 7.52. The van der Waals surface area contributed by atoms with Crippen LogP contribution in [0.5, 0.6) is 0 Å². The maximum Gasteiger partial charge on any atom is 0.257 e. The maximum atomic E-state index is 13.3. The number of aromatic nitrogens is 1. The molecule has 0 saturated heterocycles. The number of rotatable bonds is 7. The molecule has 1 heterocycles. The molecule has 0 spiro atoms. The third kappa shape index (κ3) is 5.55. The highest BCUT2D eigenvalue weighted by atomic mass is 32.2. The summed E-state index contributed by atoms with van der Waals surface area (Å²) >= 11 is 1.29. The highest BCUT2D eigenvalue weighted by Gasteiger charge is 2.23. The molecule has 2 aromatic carbocycles. The lowest BCUT2D eigenvalue weighted by Crippen LogP contribution is -2.32. The fraction of sp³-hybridized carbons (Fsp3) is 0.273. The normalized spacial score (nSPS) is 14.6. The monoisotopic (exact) mass is 459 g/mol. The third-order valence-electron chi connectivity index (χ3n) is 5.12. The number of carbonyl (C=O) groups is 1. The number of benzene rings is 2. The molecule has 3 aromatic rings. The van der Waals surface area contributed by atoms with Gasteiger partial charge in [0.15, 0.2) is 5.13 Å². The quantitative estimate of drug-likeness (QED) is 0.550. The van der Waals surface area contributed by atoms with E-state index in [0.29, 0.717) is 11.6 Å². The average Bonchev–Trinajstić information content (AvgIpc) is 3.40. The van der Waals surface area contributed by atoms with E-state index in [1.807, 2.05) is 6.07 Å². The van der Waals surface area contributed by atoms with Gasteiger partial charge in [0.2, 0.25) is 10.0 Å². The van der Waals surface area contributed by atoms with Crippen LogP contribution in [0.4, 0.5) is 9.52 Å². The minimum Gasteiger partial charge on any atom is -0.298 e. The van der Waals surface area contributed by atoms with Crippen molar-refractivity contribution in [1.29, 1.82) is 0 Å². The minimum atomic E-state index is -3.68. The molecule has 31 heavy (non-hydrogen) atoms. The van der Waals surface area contributed by atoms with Crippen LogP contribution >= 0.6 is 11.3 Å². The van der Waals surface area contributed by atoms with Gasteiger partial charge in [0, 0.05) is 29.1 Å². The van der Waals surface area contributed by atoms with Gasteiger partial charge in [-0.1, -0.05) is 31.0 Å². The van der Waals surface area contributed by atoms with Gasteiger partial charge in [-0.25, -0.2) is 22.5 Å². The number of hydrogen-bond donors (Lipinski definition) is 2. The molecule has 1 fully saturated rings. The smallest absolute Gasteiger partial charge is 0.257 e. The van der Waals surface area contributed by atoms with Crippen molar-refractivity contribution in [2.45, 2.75) is 43.0 Å². The van der Waals surface area contributed by atoms with Crippen LogP contribution in [0.15, 0.2) is 59.6 Å². The van der Waals surface area contributed by atoms with Crippen LogP contribution in [0.2, 0.25) is 0 Å². The van der Waals surface area contributed by atoms with Crippen molar-refractivity contribution >= 4 is 32.4 Å². The van der Waals surface area contributed by atoms with Crippen LogP contribution in [0.25, 0.3) is 0 Å². The first-order valence-electron chi connectivity index (χ1n) is 10.0. The molecule has 9 heteroatoms. The summed E-state index contributed by atoms with van der Waals surface area (Å²) < 4.78 is 41.4. The van der Waals surface area contributed by atoms with E-state index in [9.17, 15) is 17.6 Å². The van der Waals surface area contributed by atoms with Gasteiger partial charge in [0.25, 0.3) is 5.91 Å². The molecule has 1 aliphatic rings. The zero-order valence-corrected chi connectivity index (χ0v) is 18.3. The number of nitrogens with one attached hydrogen (secondary N) is 2. The molecule has 1 aliphatic carbocycles. The number of hydrogen-bond acceptors (Lipinski definition) is 5. The van der Waals surface area contributed by atoms with E-state index in [0.717, 1.165) is 36.1 Å². The van der Waals surface area contributed by atoms with Gasteiger partial charge in [-0.05, 0) is 48.7 Å². The maximum absolute atomic E-state index is 13.3. The molecule has 0 unspecified atom stereocenters. The van der Waals surface area contributed by atoms with Gasteiger partial charge in [0.1, 0.15) is 5.82 Å². The van der Waals surface area contributed by atoms with Crippen LogP contribution in [0.3, 0.4) is 0 Å². The Labute approximate surface area is 184 Å². The van der Waals surface area contributed by atoms with E-state index < -0.39 is 15.9 Å². The number of halogens is 1.